The van der Waals surface area contributed by atoms with Crippen molar-refractivity contribution in [2.24, 2.45) is 0 Å². The van der Waals surface area contributed by atoms with Crippen LogP contribution in [0.3, 0.4) is 0 Å². The van der Waals surface area contributed by atoms with Crippen LogP contribution in [0.1, 0.15) is 26.2 Å². The molecular formula is C13H19AsN6O. The molecule has 7 nitrogen and oxygen atoms in total. The van der Waals surface area contributed by atoms with E-state index in [4.69, 9.17) is 5.73 Å². The van der Waals surface area contributed by atoms with Gasteiger partial charge in [-0.05, 0) is 19.8 Å². The van der Waals surface area contributed by atoms with Crippen LogP contribution in [-0.4, -0.2) is 39.4 Å². The van der Waals surface area contributed by atoms with Gasteiger partial charge in [-0.25, -0.2) is 9.89 Å². The second-order valence-electron chi connectivity index (χ2n) is 5.67. The molecule has 3 heterocycles. The van der Waals surface area contributed by atoms with Gasteiger partial charge in [-0.3, -0.25) is 4.57 Å². The van der Waals surface area contributed by atoms with Crippen LogP contribution in [-0.2, 0) is 5.54 Å². The van der Waals surface area contributed by atoms with Crippen molar-refractivity contribution in [2.45, 2.75) is 42.1 Å². The fourth-order valence-electron chi connectivity index (χ4n) is 2.12. The van der Waals surface area contributed by atoms with Gasteiger partial charge in [0.05, 0.1) is 0 Å². The van der Waals surface area contributed by atoms with E-state index in [1.807, 2.05) is 12.4 Å². The Morgan fingerprint density at radius 1 is 1.33 bits per heavy atom. The molecular weight excluding hydrogens is 331 g/mol. The summed E-state index contributed by atoms with van der Waals surface area (Å²) < 4.78 is 3.05. The summed E-state index contributed by atoms with van der Waals surface area (Å²) in [6, 6.07) is 0. The van der Waals surface area contributed by atoms with E-state index in [2.05, 4.69) is 27.1 Å². The van der Waals surface area contributed by atoms with Crippen LogP contribution in [0.4, 0.5) is 5.95 Å². The molecule has 1 aliphatic carbocycles. The molecule has 0 amide bonds. The number of nitrogen functional groups attached to an aromatic ring is 1. The Balaban J connectivity index is 0.000000126. The molecule has 1 saturated heterocycles. The molecule has 2 aliphatic rings. The Labute approximate surface area is 127 Å². The molecule has 1 saturated carbocycles. The van der Waals surface area contributed by atoms with Crippen LogP contribution >= 0.6 is 0 Å². The van der Waals surface area contributed by atoms with Crippen LogP contribution < -0.4 is 15.8 Å². The predicted molar refractivity (Wildman–Crippen MR) is 81.8 cm³/mol. The van der Waals surface area contributed by atoms with Crippen molar-refractivity contribution in [1.29, 1.82) is 0 Å². The second-order valence-corrected chi connectivity index (χ2v) is 10.9. The normalized spacial score (nSPS) is 19.3. The first-order chi connectivity index (χ1) is 10.1. The number of nitrogens with zero attached hydrogens (tertiary/aromatic N) is 4. The van der Waals surface area contributed by atoms with Crippen LogP contribution in [0.2, 0.25) is 10.4 Å². The van der Waals surface area contributed by atoms with Gasteiger partial charge in [0.15, 0.2) is 0 Å². The molecule has 8 heteroatoms. The number of hydrogen-bond donors (Lipinski definition) is 2. The van der Waals surface area contributed by atoms with Crippen molar-refractivity contribution in [2.75, 3.05) is 5.73 Å². The molecule has 3 N–H and O–H groups in total. The third-order valence-electron chi connectivity index (χ3n) is 3.99. The summed E-state index contributed by atoms with van der Waals surface area (Å²) >= 11 is -0.623. The van der Waals surface area contributed by atoms with Gasteiger partial charge in [0, 0.05) is 5.54 Å². The summed E-state index contributed by atoms with van der Waals surface area (Å²) in [6.45, 7) is 2.06. The Bertz CT molecular complexity index is 656. The number of aromatic amines is 1. The van der Waals surface area contributed by atoms with Crippen molar-refractivity contribution >= 4 is 25.0 Å². The van der Waals surface area contributed by atoms with E-state index >= 15 is 0 Å². The average molecular weight is 350 g/mol. The zero-order valence-electron chi connectivity index (χ0n) is 12.0. The van der Waals surface area contributed by atoms with E-state index in [0.29, 0.717) is 5.95 Å². The summed E-state index contributed by atoms with van der Waals surface area (Å²) in [5.74, 6) is 0.392. The van der Waals surface area contributed by atoms with E-state index in [9.17, 15) is 4.79 Å². The SMILES string of the molecule is CC1(n2cn[nH]c2=O)CC1.Nc1ncc([As]2CCC2)cn1. The van der Waals surface area contributed by atoms with E-state index < -0.39 is 14.7 Å². The van der Waals surface area contributed by atoms with Crippen molar-refractivity contribution in [3.8, 4) is 0 Å². The Hall–Kier alpha value is -1.62. The third-order valence-corrected chi connectivity index (χ3v) is 9.60. The van der Waals surface area contributed by atoms with Crippen molar-refractivity contribution in [3.05, 3.63) is 29.2 Å². The minimum absolute atomic E-state index is 0.0735. The summed E-state index contributed by atoms with van der Waals surface area (Å²) in [4.78, 5) is 18.9. The van der Waals surface area contributed by atoms with Gasteiger partial charge < -0.3 is 0 Å². The van der Waals surface area contributed by atoms with Gasteiger partial charge in [0.1, 0.15) is 6.33 Å². The first-order valence-electron chi connectivity index (χ1n) is 7.03. The van der Waals surface area contributed by atoms with Gasteiger partial charge in [-0.15, -0.1) is 0 Å². The van der Waals surface area contributed by atoms with Crippen molar-refractivity contribution < 1.29 is 0 Å². The Morgan fingerprint density at radius 3 is 2.43 bits per heavy atom. The number of anilines is 1. The molecule has 2 aromatic rings. The van der Waals surface area contributed by atoms with E-state index in [1.165, 1.54) is 21.2 Å². The maximum atomic E-state index is 11.0. The average Bonchev–Trinajstić information content (AvgIpc) is 2.99. The number of nitrogens with one attached hydrogen (secondary N) is 1. The third kappa shape index (κ3) is 3.18. The molecule has 0 aromatic carbocycles. The number of hydrogen-bond acceptors (Lipinski definition) is 5. The number of rotatable bonds is 2. The molecule has 0 spiro atoms. The van der Waals surface area contributed by atoms with Crippen LogP contribution in [0.5, 0.6) is 0 Å². The molecule has 0 atom stereocenters. The van der Waals surface area contributed by atoms with E-state index in [1.54, 1.807) is 10.9 Å². The fourth-order valence-corrected chi connectivity index (χ4v) is 5.46. The molecule has 112 valence electrons. The predicted octanol–water partition coefficient (Wildman–Crippen LogP) is 0.245. The molecule has 21 heavy (non-hydrogen) atoms. The van der Waals surface area contributed by atoms with Gasteiger partial charge in [0.25, 0.3) is 0 Å². The zero-order valence-corrected chi connectivity index (χ0v) is 13.9. The van der Waals surface area contributed by atoms with Crippen LogP contribution in [0.15, 0.2) is 23.5 Å². The maximum absolute atomic E-state index is 11.0. The standard InChI is InChI=1S/C7H10AsN3.C6H9N3O/c9-7-10-4-6(5-11-7)8-2-1-3-8;1-6(2-3-6)9-4-7-8-5(9)10/h4-5H,1-3H2,(H2,9,10,11);4H,2-3H2,1H3,(H,8,10). The first kappa shape index (κ1) is 14.3. The summed E-state index contributed by atoms with van der Waals surface area (Å²) in [5.41, 5.74) is 5.36. The van der Waals surface area contributed by atoms with Gasteiger partial charge in [-0.1, -0.05) is 0 Å². The number of nitrogens with two attached hydrogens (primary N) is 1. The topological polar surface area (TPSA) is 102 Å². The van der Waals surface area contributed by atoms with Gasteiger partial charge in [-0.2, -0.15) is 5.10 Å². The van der Waals surface area contributed by atoms with Gasteiger partial charge >= 0.3 is 75.6 Å². The Kier molecular flexibility index (Phi) is 3.84. The summed E-state index contributed by atoms with van der Waals surface area (Å²) in [5, 5.41) is 8.89. The van der Waals surface area contributed by atoms with E-state index in [-0.39, 0.29) is 11.2 Å². The fraction of sp³-hybridized carbons (Fsp3) is 0.538. The Morgan fingerprint density at radius 2 is 2.00 bits per heavy atom. The van der Waals surface area contributed by atoms with Crippen LogP contribution in [0.25, 0.3) is 0 Å². The molecule has 4 rings (SSSR count). The molecule has 2 aromatic heterocycles. The number of aromatic nitrogens is 5. The van der Waals surface area contributed by atoms with E-state index in [0.717, 1.165) is 12.8 Å². The summed E-state index contributed by atoms with van der Waals surface area (Å²) in [6.07, 6.45) is 8.96. The minimum atomic E-state index is -0.623. The number of H-pyrrole nitrogens is 1. The molecule has 2 fully saturated rings. The van der Waals surface area contributed by atoms with Gasteiger partial charge in [0.2, 0.25) is 0 Å². The zero-order chi connectivity index (χ0) is 14.9. The summed E-state index contributed by atoms with van der Waals surface area (Å²) in [7, 11) is 0. The molecule has 0 radical (unpaired) electrons. The molecule has 0 unspecified atom stereocenters. The second kappa shape index (κ2) is 5.64. The van der Waals surface area contributed by atoms with Crippen LogP contribution in [0, 0.1) is 0 Å². The monoisotopic (exact) mass is 350 g/mol. The molecule has 0 bridgehead atoms. The van der Waals surface area contributed by atoms with Crippen molar-refractivity contribution in [3.63, 3.8) is 0 Å². The first-order valence-corrected chi connectivity index (χ1v) is 10.6. The van der Waals surface area contributed by atoms with Crippen molar-refractivity contribution in [1.82, 2.24) is 24.7 Å². The molecule has 1 aliphatic heterocycles. The quantitative estimate of drug-likeness (QED) is 0.756.